The van der Waals surface area contributed by atoms with Crippen molar-refractivity contribution in [3.05, 3.63) is 75.8 Å². The standard InChI is InChI=1S/C23H21FN4O2/c1-27-20-5-3-2-4-18(20)21(19(14-25)23(27)30)26-17-10-12-28(13-11-17)22(29)15-6-8-16(24)9-7-15/h2-9,17,26H,10-13H2,1H3. The van der Waals surface area contributed by atoms with E-state index in [0.717, 1.165) is 10.9 Å². The third-order valence-electron chi connectivity index (χ3n) is 5.64. The lowest BCUT2D eigenvalue weighted by Crippen LogP contribution is -2.42. The van der Waals surface area contributed by atoms with Crippen LogP contribution in [0.2, 0.25) is 0 Å². The number of hydrogen-bond acceptors (Lipinski definition) is 4. The van der Waals surface area contributed by atoms with Gasteiger partial charge in [0.1, 0.15) is 17.4 Å². The lowest BCUT2D eigenvalue weighted by molar-refractivity contribution is 0.0718. The van der Waals surface area contributed by atoms with Gasteiger partial charge in [-0.05, 0) is 43.2 Å². The van der Waals surface area contributed by atoms with Gasteiger partial charge in [0, 0.05) is 37.1 Å². The first-order valence-corrected chi connectivity index (χ1v) is 9.83. The number of halogens is 1. The molecule has 0 aliphatic carbocycles. The molecule has 0 spiro atoms. The average Bonchev–Trinajstić information content (AvgIpc) is 2.78. The summed E-state index contributed by atoms with van der Waals surface area (Å²) in [6.07, 6.45) is 1.36. The molecule has 0 saturated carbocycles. The van der Waals surface area contributed by atoms with Crippen LogP contribution < -0.4 is 10.9 Å². The molecule has 7 heteroatoms. The molecule has 2 heterocycles. The molecule has 1 fully saturated rings. The number of carbonyl (C=O) groups excluding carboxylic acids is 1. The normalized spacial score (nSPS) is 14.5. The Morgan fingerprint density at radius 1 is 1.13 bits per heavy atom. The summed E-state index contributed by atoms with van der Waals surface area (Å²) >= 11 is 0. The highest BCUT2D eigenvalue weighted by Crippen LogP contribution is 2.27. The average molecular weight is 404 g/mol. The summed E-state index contributed by atoms with van der Waals surface area (Å²) in [7, 11) is 1.66. The first-order chi connectivity index (χ1) is 14.5. The van der Waals surface area contributed by atoms with Crippen molar-refractivity contribution >= 4 is 22.5 Å². The van der Waals surface area contributed by atoms with Crippen LogP contribution in [0, 0.1) is 17.1 Å². The predicted octanol–water partition coefficient (Wildman–Crippen LogP) is 3.27. The maximum atomic E-state index is 13.1. The van der Waals surface area contributed by atoms with Gasteiger partial charge in [-0.1, -0.05) is 18.2 Å². The van der Waals surface area contributed by atoms with E-state index in [2.05, 4.69) is 5.32 Å². The second kappa shape index (κ2) is 7.99. The van der Waals surface area contributed by atoms with Crippen LogP contribution in [0.1, 0.15) is 28.8 Å². The number of piperidine rings is 1. The highest BCUT2D eigenvalue weighted by atomic mass is 19.1. The Balaban J connectivity index is 1.53. The first kappa shape index (κ1) is 19.6. The van der Waals surface area contributed by atoms with Gasteiger partial charge in [-0.2, -0.15) is 5.26 Å². The van der Waals surface area contributed by atoms with E-state index in [1.54, 1.807) is 11.9 Å². The van der Waals surface area contributed by atoms with Gasteiger partial charge < -0.3 is 14.8 Å². The van der Waals surface area contributed by atoms with Crippen molar-refractivity contribution in [1.29, 1.82) is 5.26 Å². The summed E-state index contributed by atoms with van der Waals surface area (Å²) in [6, 6.07) is 15.1. The Kier molecular flexibility index (Phi) is 5.23. The molecule has 152 valence electrons. The van der Waals surface area contributed by atoms with Crippen molar-refractivity contribution in [2.24, 2.45) is 7.05 Å². The molecule has 3 aromatic rings. The lowest BCUT2D eigenvalue weighted by Gasteiger charge is -2.33. The maximum Gasteiger partial charge on any atom is 0.270 e. The van der Waals surface area contributed by atoms with E-state index in [1.165, 1.54) is 28.8 Å². The Morgan fingerprint density at radius 3 is 2.47 bits per heavy atom. The van der Waals surface area contributed by atoms with Gasteiger partial charge >= 0.3 is 0 Å². The Labute approximate surface area is 173 Å². The second-order valence-corrected chi connectivity index (χ2v) is 7.46. The van der Waals surface area contributed by atoms with E-state index in [-0.39, 0.29) is 28.9 Å². The quantitative estimate of drug-likeness (QED) is 0.727. The predicted molar refractivity (Wildman–Crippen MR) is 113 cm³/mol. The fraction of sp³-hybridized carbons (Fsp3) is 0.261. The van der Waals surface area contributed by atoms with E-state index in [4.69, 9.17) is 0 Å². The number of carbonyl (C=O) groups is 1. The molecule has 1 amide bonds. The number of nitrogens with one attached hydrogen (secondary N) is 1. The van der Waals surface area contributed by atoms with Crippen LogP contribution >= 0.6 is 0 Å². The van der Waals surface area contributed by atoms with Crippen LogP contribution in [0.3, 0.4) is 0 Å². The summed E-state index contributed by atoms with van der Waals surface area (Å²) < 4.78 is 14.6. The van der Waals surface area contributed by atoms with Crippen LogP contribution in [0.25, 0.3) is 10.9 Å². The number of nitriles is 1. The van der Waals surface area contributed by atoms with Crippen LogP contribution in [-0.4, -0.2) is 34.5 Å². The molecule has 1 aromatic heterocycles. The van der Waals surface area contributed by atoms with Gasteiger partial charge in [0.15, 0.2) is 0 Å². The number of anilines is 1. The number of benzene rings is 2. The number of fused-ring (bicyclic) bond motifs is 1. The number of likely N-dealkylation sites (tertiary alicyclic amines) is 1. The molecule has 6 nitrogen and oxygen atoms in total. The molecule has 0 atom stereocenters. The summed E-state index contributed by atoms with van der Waals surface area (Å²) in [5.74, 6) is -0.492. The molecule has 0 unspecified atom stereocenters. The summed E-state index contributed by atoms with van der Waals surface area (Å²) in [4.78, 5) is 27.0. The molecule has 0 radical (unpaired) electrons. The molecule has 1 saturated heterocycles. The fourth-order valence-electron chi connectivity index (χ4n) is 3.96. The van der Waals surface area contributed by atoms with E-state index in [9.17, 15) is 19.2 Å². The number of rotatable bonds is 3. The smallest absolute Gasteiger partial charge is 0.270 e. The largest absolute Gasteiger partial charge is 0.380 e. The van der Waals surface area contributed by atoms with Crippen LogP contribution in [0.5, 0.6) is 0 Å². The minimum absolute atomic E-state index is 0.0323. The molecular formula is C23H21FN4O2. The highest BCUT2D eigenvalue weighted by Gasteiger charge is 2.25. The van der Waals surface area contributed by atoms with Crippen molar-refractivity contribution in [3.8, 4) is 6.07 Å². The summed E-state index contributed by atoms with van der Waals surface area (Å²) in [5, 5.41) is 13.8. The van der Waals surface area contributed by atoms with Crippen molar-refractivity contribution in [3.63, 3.8) is 0 Å². The maximum absolute atomic E-state index is 13.1. The SMILES string of the molecule is Cn1c(=O)c(C#N)c(NC2CCN(C(=O)c3ccc(F)cc3)CC2)c2ccccc21. The third kappa shape index (κ3) is 3.52. The molecule has 0 bridgehead atoms. The lowest BCUT2D eigenvalue weighted by atomic mass is 10.0. The zero-order valence-electron chi connectivity index (χ0n) is 16.6. The van der Waals surface area contributed by atoms with E-state index in [0.29, 0.717) is 37.2 Å². The zero-order valence-corrected chi connectivity index (χ0v) is 16.6. The number of pyridine rings is 1. The number of para-hydroxylation sites is 1. The van der Waals surface area contributed by atoms with Crippen LogP contribution in [-0.2, 0) is 7.05 Å². The third-order valence-corrected chi connectivity index (χ3v) is 5.64. The second-order valence-electron chi connectivity index (χ2n) is 7.46. The molecule has 30 heavy (non-hydrogen) atoms. The topological polar surface area (TPSA) is 78.1 Å². The fourth-order valence-corrected chi connectivity index (χ4v) is 3.96. The molecular weight excluding hydrogens is 383 g/mol. The van der Waals surface area contributed by atoms with Gasteiger partial charge in [-0.3, -0.25) is 9.59 Å². The minimum Gasteiger partial charge on any atom is -0.380 e. The van der Waals surface area contributed by atoms with Crippen molar-refractivity contribution in [2.75, 3.05) is 18.4 Å². The zero-order chi connectivity index (χ0) is 21.3. The van der Waals surface area contributed by atoms with Gasteiger partial charge in [0.05, 0.1) is 11.2 Å². The number of aryl methyl sites for hydroxylation is 1. The van der Waals surface area contributed by atoms with E-state index < -0.39 is 0 Å². The Morgan fingerprint density at radius 2 is 1.80 bits per heavy atom. The number of amides is 1. The number of nitrogens with zero attached hydrogens (tertiary/aromatic N) is 3. The van der Waals surface area contributed by atoms with Crippen molar-refractivity contribution < 1.29 is 9.18 Å². The summed E-state index contributed by atoms with van der Waals surface area (Å²) in [5.41, 5.74) is 1.54. The van der Waals surface area contributed by atoms with Gasteiger partial charge in [-0.25, -0.2) is 4.39 Å². The van der Waals surface area contributed by atoms with Gasteiger partial charge in [0.25, 0.3) is 11.5 Å². The van der Waals surface area contributed by atoms with E-state index in [1.807, 2.05) is 30.3 Å². The van der Waals surface area contributed by atoms with Crippen LogP contribution in [0.4, 0.5) is 10.1 Å². The molecule has 1 aliphatic heterocycles. The van der Waals surface area contributed by atoms with Gasteiger partial charge in [-0.15, -0.1) is 0 Å². The molecule has 1 aliphatic rings. The van der Waals surface area contributed by atoms with Crippen LogP contribution in [0.15, 0.2) is 53.3 Å². The van der Waals surface area contributed by atoms with Gasteiger partial charge in [0.2, 0.25) is 0 Å². The van der Waals surface area contributed by atoms with E-state index >= 15 is 0 Å². The monoisotopic (exact) mass is 404 g/mol. The highest BCUT2D eigenvalue weighted by molar-refractivity contribution is 5.95. The molecule has 1 N–H and O–H groups in total. The number of hydrogen-bond donors (Lipinski definition) is 1. The minimum atomic E-state index is -0.371. The first-order valence-electron chi connectivity index (χ1n) is 9.83. The Hall–Kier alpha value is -3.66. The summed E-state index contributed by atoms with van der Waals surface area (Å²) in [6.45, 7) is 1.08. The number of aromatic nitrogens is 1. The van der Waals surface area contributed by atoms with Crippen molar-refractivity contribution in [1.82, 2.24) is 9.47 Å². The molecule has 2 aromatic carbocycles. The molecule has 4 rings (SSSR count). The van der Waals surface area contributed by atoms with Crippen molar-refractivity contribution in [2.45, 2.75) is 18.9 Å². The Bertz CT molecular complexity index is 1200.